The van der Waals surface area contributed by atoms with Gasteiger partial charge in [0, 0.05) is 24.3 Å². The van der Waals surface area contributed by atoms with Crippen LogP contribution in [0.1, 0.15) is 31.2 Å². The highest BCUT2D eigenvalue weighted by Gasteiger charge is 2.31. The van der Waals surface area contributed by atoms with Crippen molar-refractivity contribution >= 4 is 21.6 Å². The first kappa shape index (κ1) is 13.4. The van der Waals surface area contributed by atoms with Gasteiger partial charge in [0.25, 0.3) is 0 Å². The molecule has 19 heavy (non-hydrogen) atoms. The third-order valence-electron chi connectivity index (χ3n) is 4.45. The molecule has 0 aliphatic carbocycles. The number of anilines is 1. The van der Waals surface area contributed by atoms with Gasteiger partial charge in [-0.25, -0.2) is 4.39 Å². The van der Waals surface area contributed by atoms with Gasteiger partial charge < -0.3 is 10.2 Å². The molecule has 0 spiro atoms. The first-order valence-corrected chi connectivity index (χ1v) is 7.89. The third-order valence-corrected chi connectivity index (χ3v) is 5.06. The minimum Gasteiger partial charge on any atom is -0.382 e. The lowest BCUT2D eigenvalue weighted by atomic mass is 9.97. The van der Waals surface area contributed by atoms with Gasteiger partial charge in [0.05, 0.1) is 4.47 Å². The van der Waals surface area contributed by atoms with Crippen LogP contribution in [-0.4, -0.2) is 30.1 Å². The average Bonchev–Trinajstić information content (AvgIpc) is 2.83. The summed E-state index contributed by atoms with van der Waals surface area (Å²) in [6.07, 6.45) is 5.01. The molecule has 2 fully saturated rings. The summed E-state index contributed by atoms with van der Waals surface area (Å²) < 4.78 is 14.2. The molecule has 4 heteroatoms. The molecule has 0 amide bonds. The molecular formula is C15H20BrFN2. The Balaban J connectivity index is 1.70. The van der Waals surface area contributed by atoms with Gasteiger partial charge in [-0.05, 0) is 72.8 Å². The first-order valence-electron chi connectivity index (χ1n) is 7.09. The summed E-state index contributed by atoms with van der Waals surface area (Å²) in [6, 6.07) is 4.69. The summed E-state index contributed by atoms with van der Waals surface area (Å²) in [5.41, 5.74) is 2.04. The van der Waals surface area contributed by atoms with Crippen LogP contribution < -0.4 is 5.32 Å². The Morgan fingerprint density at radius 2 is 2.16 bits per heavy atom. The lowest BCUT2D eigenvalue weighted by molar-refractivity contribution is 0.188. The highest BCUT2D eigenvalue weighted by molar-refractivity contribution is 9.10. The SMILES string of the molecule is Cc1cc(Br)c(F)cc1NC1CCN2CCCC2C1. The van der Waals surface area contributed by atoms with Gasteiger partial charge in [-0.15, -0.1) is 0 Å². The summed E-state index contributed by atoms with van der Waals surface area (Å²) in [7, 11) is 0. The lowest BCUT2D eigenvalue weighted by Gasteiger charge is -2.35. The fourth-order valence-electron chi connectivity index (χ4n) is 3.38. The maximum absolute atomic E-state index is 13.6. The Hall–Kier alpha value is -0.610. The fourth-order valence-corrected chi connectivity index (χ4v) is 3.84. The Labute approximate surface area is 122 Å². The molecule has 1 N–H and O–H groups in total. The van der Waals surface area contributed by atoms with Crippen molar-refractivity contribution < 1.29 is 4.39 Å². The van der Waals surface area contributed by atoms with E-state index in [1.807, 2.05) is 13.0 Å². The number of hydrogen-bond donors (Lipinski definition) is 1. The number of benzene rings is 1. The molecule has 3 rings (SSSR count). The molecule has 2 heterocycles. The van der Waals surface area contributed by atoms with Gasteiger partial charge in [-0.2, -0.15) is 0 Å². The van der Waals surface area contributed by atoms with Crippen molar-refractivity contribution in [2.45, 2.75) is 44.7 Å². The van der Waals surface area contributed by atoms with E-state index >= 15 is 0 Å². The Kier molecular flexibility index (Phi) is 3.81. The van der Waals surface area contributed by atoms with Crippen LogP contribution in [0.25, 0.3) is 0 Å². The van der Waals surface area contributed by atoms with Crippen LogP contribution in [-0.2, 0) is 0 Å². The Bertz CT molecular complexity index is 477. The van der Waals surface area contributed by atoms with Crippen molar-refractivity contribution in [2.75, 3.05) is 18.4 Å². The molecular weight excluding hydrogens is 307 g/mol. The Morgan fingerprint density at radius 1 is 1.32 bits per heavy atom. The number of hydrogen-bond acceptors (Lipinski definition) is 2. The highest BCUT2D eigenvalue weighted by Crippen LogP contribution is 2.30. The summed E-state index contributed by atoms with van der Waals surface area (Å²) in [5, 5.41) is 3.54. The zero-order chi connectivity index (χ0) is 13.4. The van der Waals surface area contributed by atoms with Crippen LogP contribution >= 0.6 is 15.9 Å². The second-order valence-corrected chi connectivity index (χ2v) is 6.63. The van der Waals surface area contributed by atoms with Crippen molar-refractivity contribution in [1.29, 1.82) is 0 Å². The van der Waals surface area contributed by atoms with Crippen LogP contribution in [0, 0.1) is 12.7 Å². The topological polar surface area (TPSA) is 15.3 Å². The summed E-state index contributed by atoms with van der Waals surface area (Å²) in [4.78, 5) is 2.60. The highest BCUT2D eigenvalue weighted by atomic mass is 79.9. The van der Waals surface area contributed by atoms with E-state index < -0.39 is 0 Å². The van der Waals surface area contributed by atoms with Gasteiger partial charge in [-0.1, -0.05) is 0 Å². The molecule has 2 nitrogen and oxygen atoms in total. The van der Waals surface area contributed by atoms with Gasteiger partial charge >= 0.3 is 0 Å². The van der Waals surface area contributed by atoms with Crippen LogP contribution in [0.5, 0.6) is 0 Å². The van der Waals surface area contributed by atoms with E-state index in [4.69, 9.17) is 0 Å². The zero-order valence-electron chi connectivity index (χ0n) is 11.3. The molecule has 0 radical (unpaired) electrons. The molecule has 2 unspecified atom stereocenters. The minimum absolute atomic E-state index is 0.189. The maximum atomic E-state index is 13.6. The minimum atomic E-state index is -0.189. The fraction of sp³-hybridized carbons (Fsp3) is 0.600. The van der Waals surface area contributed by atoms with Crippen molar-refractivity contribution in [3.05, 3.63) is 28.0 Å². The second-order valence-electron chi connectivity index (χ2n) is 5.78. The van der Waals surface area contributed by atoms with Gasteiger partial charge in [0.1, 0.15) is 5.82 Å². The van der Waals surface area contributed by atoms with Crippen molar-refractivity contribution in [2.24, 2.45) is 0 Å². The summed E-state index contributed by atoms with van der Waals surface area (Å²) in [5.74, 6) is -0.189. The van der Waals surface area contributed by atoms with Crippen LogP contribution in [0.2, 0.25) is 0 Å². The number of rotatable bonds is 2. The van der Waals surface area contributed by atoms with Gasteiger partial charge in [-0.3, -0.25) is 0 Å². The third kappa shape index (κ3) is 2.79. The normalized spacial score (nSPS) is 27.3. The average molecular weight is 327 g/mol. The molecule has 0 saturated carbocycles. The molecule has 1 aromatic carbocycles. The van der Waals surface area contributed by atoms with Gasteiger partial charge in [0.15, 0.2) is 0 Å². The predicted octanol–water partition coefficient (Wildman–Crippen LogP) is 3.94. The molecule has 2 atom stereocenters. The van der Waals surface area contributed by atoms with Gasteiger partial charge in [0.2, 0.25) is 0 Å². The number of nitrogens with zero attached hydrogens (tertiary/aromatic N) is 1. The molecule has 1 aromatic rings. The van der Waals surface area contributed by atoms with Crippen LogP contribution in [0.4, 0.5) is 10.1 Å². The predicted molar refractivity (Wildman–Crippen MR) is 80.1 cm³/mol. The van der Waals surface area contributed by atoms with Crippen LogP contribution in [0.15, 0.2) is 16.6 Å². The second kappa shape index (κ2) is 5.41. The van der Waals surface area contributed by atoms with E-state index in [0.29, 0.717) is 10.5 Å². The summed E-state index contributed by atoms with van der Waals surface area (Å²) >= 11 is 3.23. The molecule has 2 aliphatic rings. The molecule has 0 aromatic heterocycles. The lowest BCUT2D eigenvalue weighted by Crippen LogP contribution is -2.42. The largest absolute Gasteiger partial charge is 0.382 e. The van der Waals surface area contributed by atoms with E-state index in [1.54, 1.807) is 6.07 Å². The van der Waals surface area contributed by atoms with Crippen molar-refractivity contribution in [1.82, 2.24) is 4.90 Å². The number of aryl methyl sites for hydroxylation is 1. The van der Waals surface area contributed by atoms with E-state index in [2.05, 4.69) is 26.1 Å². The number of fused-ring (bicyclic) bond motifs is 1. The smallest absolute Gasteiger partial charge is 0.139 e. The quantitative estimate of drug-likeness (QED) is 0.885. The number of halogens is 2. The van der Waals surface area contributed by atoms with Crippen molar-refractivity contribution in [3.8, 4) is 0 Å². The van der Waals surface area contributed by atoms with E-state index in [9.17, 15) is 4.39 Å². The molecule has 2 aliphatic heterocycles. The van der Waals surface area contributed by atoms with E-state index in [-0.39, 0.29) is 5.82 Å². The Morgan fingerprint density at radius 3 is 3.00 bits per heavy atom. The maximum Gasteiger partial charge on any atom is 0.139 e. The first-order chi connectivity index (χ1) is 9.13. The van der Waals surface area contributed by atoms with E-state index in [0.717, 1.165) is 23.7 Å². The summed E-state index contributed by atoms with van der Waals surface area (Å²) in [6.45, 7) is 4.47. The monoisotopic (exact) mass is 326 g/mol. The van der Waals surface area contributed by atoms with Crippen molar-refractivity contribution in [3.63, 3.8) is 0 Å². The molecule has 0 bridgehead atoms. The molecule has 2 saturated heterocycles. The number of nitrogens with one attached hydrogen (secondary N) is 1. The number of piperidine rings is 1. The van der Waals surface area contributed by atoms with Crippen LogP contribution in [0.3, 0.4) is 0 Å². The van der Waals surface area contributed by atoms with E-state index in [1.165, 1.54) is 32.4 Å². The zero-order valence-corrected chi connectivity index (χ0v) is 12.8. The standard InChI is InChI=1S/C15H20BrFN2/c1-10-7-13(16)14(17)9-15(10)18-11-4-6-19-5-2-3-12(19)8-11/h7,9,11-12,18H,2-6,8H2,1H3. The molecule has 104 valence electrons.